The molecule has 0 bridgehead atoms. The molecule has 1 aliphatic carbocycles. The van der Waals surface area contributed by atoms with E-state index in [2.05, 4.69) is 17.1 Å². The van der Waals surface area contributed by atoms with Crippen LogP contribution in [0, 0.1) is 11.3 Å². The maximum Gasteiger partial charge on any atom is 0.230 e. The Morgan fingerprint density at radius 2 is 2.00 bits per heavy atom. The van der Waals surface area contributed by atoms with Crippen LogP contribution >= 0.6 is 0 Å². The monoisotopic (exact) mass is 292 g/mol. The number of hydrogen-bond acceptors (Lipinski definition) is 2. The van der Waals surface area contributed by atoms with Crippen molar-refractivity contribution < 1.29 is 4.79 Å². The van der Waals surface area contributed by atoms with Crippen LogP contribution in [0.4, 0.5) is 0 Å². The molecule has 3 atom stereocenters. The van der Waals surface area contributed by atoms with Gasteiger partial charge in [-0.15, -0.1) is 0 Å². The number of carbonyl (C=O) groups is 1. The van der Waals surface area contributed by atoms with E-state index in [1.165, 1.54) is 38.5 Å². The van der Waals surface area contributed by atoms with Gasteiger partial charge in [-0.05, 0) is 57.4 Å². The summed E-state index contributed by atoms with van der Waals surface area (Å²) < 4.78 is 0. The highest BCUT2D eigenvalue weighted by molar-refractivity contribution is 5.83. The van der Waals surface area contributed by atoms with Crippen molar-refractivity contribution in [3.8, 4) is 0 Å². The molecule has 3 nitrogen and oxygen atoms in total. The predicted molar refractivity (Wildman–Crippen MR) is 86.1 cm³/mol. The Labute approximate surface area is 129 Å². The van der Waals surface area contributed by atoms with Crippen LogP contribution < -0.4 is 5.32 Å². The van der Waals surface area contributed by atoms with Gasteiger partial charge in [0, 0.05) is 19.1 Å². The van der Waals surface area contributed by atoms with Crippen LogP contribution in [0.3, 0.4) is 0 Å². The Bertz CT molecular complexity index is 355. The second-order valence-corrected chi connectivity index (χ2v) is 7.56. The zero-order valence-electron chi connectivity index (χ0n) is 13.7. The van der Waals surface area contributed by atoms with Crippen molar-refractivity contribution in [2.45, 2.75) is 77.2 Å². The molecule has 3 heteroatoms. The lowest BCUT2D eigenvalue weighted by Gasteiger charge is -2.48. The van der Waals surface area contributed by atoms with Gasteiger partial charge in [0.05, 0.1) is 5.41 Å². The molecule has 0 radical (unpaired) electrons. The lowest BCUT2D eigenvalue weighted by atomic mass is 9.73. The van der Waals surface area contributed by atoms with Crippen LogP contribution in [0.15, 0.2) is 0 Å². The van der Waals surface area contributed by atoms with Crippen LogP contribution in [0.25, 0.3) is 0 Å². The van der Waals surface area contributed by atoms with E-state index in [0.29, 0.717) is 11.9 Å². The normalized spacial score (nSPS) is 37.1. The first-order chi connectivity index (χ1) is 10.3. The van der Waals surface area contributed by atoms with Gasteiger partial charge in [0.15, 0.2) is 0 Å². The van der Waals surface area contributed by atoms with Crippen molar-refractivity contribution in [3.05, 3.63) is 0 Å². The largest absolute Gasteiger partial charge is 0.339 e. The second kappa shape index (κ2) is 6.68. The van der Waals surface area contributed by atoms with Crippen LogP contribution in [-0.4, -0.2) is 36.5 Å². The molecule has 2 aliphatic heterocycles. The number of fused-ring (bicyclic) bond motifs is 1. The molecule has 3 rings (SSSR count). The fourth-order valence-electron chi connectivity index (χ4n) is 5.13. The molecule has 120 valence electrons. The molecule has 3 aliphatic rings. The van der Waals surface area contributed by atoms with E-state index >= 15 is 0 Å². The molecule has 21 heavy (non-hydrogen) atoms. The number of likely N-dealkylation sites (tertiary alicyclic amines) is 1. The second-order valence-electron chi connectivity index (χ2n) is 7.56. The topological polar surface area (TPSA) is 32.3 Å². The fraction of sp³-hybridized carbons (Fsp3) is 0.944. The SMILES string of the molecule is CCCC1(C(=O)N2CCC[C@H]3CCCC[C@H]32)CCCNC1. The van der Waals surface area contributed by atoms with Crippen molar-refractivity contribution in [1.29, 1.82) is 0 Å². The molecule has 2 saturated heterocycles. The molecule has 3 fully saturated rings. The highest BCUT2D eigenvalue weighted by Crippen LogP contribution is 2.40. The van der Waals surface area contributed by atoms with E-state index in [-0.39, 0.29) is 5.41 Å². The van der Waals surface area contributed by atoms with E-state index < -0.39 is 0 Å². The molecule has 1 N–H and O–H groups in total. The van der Waals surface area contributed by atoms with E-state index in [1.807, 2.05) is 0 Å². The summed E-state index contributed by atoms with van der Waals surface area (Å²) in [4.78, 5) is 15.7. The standard InChI is InChI=1S/C18H32N2O/c1-2-10-18(11-6-12-19-14-18)17(21)20-13-5-8-15-7-3-4-9-16(15)20/h15-16,19H,2-14H2,1H3/t15-,16-,18?/m1/s1. The van der Waals surface area contributed by atoms with Gasteiger partial charge in [-0.25, -0.2) is 0 Å². The van der Waals surface area contributed by atoms with Crippen LogP contribution in [0.5, 0.6) is 0 Å². The van der Waals surface area contributed by atoms with Crippen LogP contribution in [-0.2, 0) is 4.79 Å². The van der Waals surface area contributed by atoms with Crippen molar-refractivity contribution >= 4 is 5.91 Å². The molecule has 0 aromatic heterocycles. The first-order valence-corrected chi connectivity index (χ1v) is 9.29. The minimum Gasteiger partial charge on any atom is -0.339 e. The fourth-order valence-corrected chi connectivity index (χ4v) is 5.13. The Balaban J connectivity index is 1.77. The highest BCUT2D eigenvalue weighted by atomic mass is 16.2. The Hall–Kier alpha value is -0.570. The Morgan fingerprint density at radius 1 is 1.19 bits per heavy atom. The third-order valence-corrected chi connectivity index (χ3v) is 6.16. The Morgan fingerprint density at radius 3 is 2.76 bits per heavy atom. The van der Waals surface area contributed by atoms with Crippen LogP contribution in [0.2, 0.25) is 0 Å². The van der Waals surface area contributed by atoms with Gasteiger partial charge in [-0.2, -0.15) is 0 Å². The third kappa shape index (κ3) is 2.99. The first-order valence-electron chi connectivity index (χ1n) is 9.29. The summed E-state index contributed by atoms with van der Waals surface area (Å²) in [6.45, 7) is 5.24. The van der Waals surface area contributed by atoms with E-state index in [1.54, 1.807) is 0 Å². The number of carbonyl (C=O) groups excluding carboxylic acids is 1. The van der Waals surface area contributed by atoms with E-state index in [0.717, 1.165) is 51.2 Å². The minimum absolute atomic E-state index is 0.0909. The molecule has 1 amide bonds. The van der Waals surface area contributed by atoms with Crippen molar-refractivity contribution in [2.24, 2.45) is 11.3 Å². The van der Waals surface area contributed by atoms with Gasteiger partial charge in [0.1, 0.15) is 0 Å². The summed E-state index contributed by atoms with van der Waals surface area (Å²) in [7, 11) is 0. The molecule has 0 aromatic rings. The highest BCUT2D eigenvalue weighted by Gasteiger charge is 2.45. The number of piperidine rings is 2. The van der Waals surface area contributed by atoms with Gasteiger partial charge in [0.25, 0.3) is 0 Å². The van der Waals surface area contributed by atoms with Crippen molar-refractivity contribution in [1.82, 2.24) is 10.2 Å². The van der Waals surface area contributed by atoms with Gasteiger partial charge >= 0.3 is 0 Å². The lowest BCUT2D eigenvalue weighted by molar-refractivity contribution is -0.150. The molecular weight excluding hydrogens is 260 g/mol. The van der Waals surface area contributed by atoms with Gasteiger partial charge in [-0.1, -0.05) is 26.2 Å². The van der Waals surface area contributed by atoms with E-state index in [4.69, 9.17) is 0 Å². The summed E-state index contributed by atoms with van der Waals surface area (Å²) in [6, 6.07) is 0.565. The maximum absolute atomic E-state index is 13.4. The lowest BCUT2D eigenvalue weighted by Crippen LogP contribution is -2.58. The number of nitrogens with one attached hydrogen (secondary N) is 1. The van der Waals surface area contributed by atoms with E-state index in [9.17, 15) is 4.79 Å². The summed E-state index contributed by atoms with van der Waals surface area (Å²) in [5.41, 5.74) is -0.0909. The smallest absolute Gasteiger partial charge is 0.230 e. The molecular formula is C18H32N2O. The summed E-state index contributed by atoms with van der Waals surface area (Å²) in [5.74, 6) is 1.29. The Kier molecular flexibility index (Phi) is 4.88. The van der Waals surface area contributed by atoms with Gasteiger partial charge in [-0.3, -0.25) is 4.79 Å². The summed E-state index contributed by atoms with van der Waals surface area (Å²) in [5, 5.41) is 3.51. The number of amides is 1. The number of rotatable bonds is 3. The first kappa shape index (κ1) is 15.3. The average Bonchev–Trinajstić information content (AvgIpc) is 2.55. The van der Waals surface area contributed by atoms with Gasteiger partial charge < -0.3 is 10.2 Å². The van der Waals surface area contributed by atoms with Gasteiger partial charge in [0.2, 0.25) is 5.91 Å². The summed E-state index contributed by atoms with van der Waals surface area (Å²) >= 11 is 0. The third-order valence-electron chi connectivity index (χ3n) is 6.16. The molecule has 1 unspecified atom stereocenters. The molecule has 0 spiro atoms. The number of hydrogen-bond donors (Lipinski definition) is 1. The van der Waals surface area contributed by atoms with Crippen LogP contribution in [0.1, 0.15) is 71.1 Å². The molecule has 1 saturated carbocycles. The molecule has 2 heterocycles. The van der Waals surface area contributed by atoms with Crippen molar-refractivity contribution in [3.63, 3.8) is 0 Å². The predicted octanol–water partition coefficient (Wildman–Crippen LogP) is 3.34. The quantitative estimate of drug-likeness (QED) is 0.865. The maximum atomic E-state index is 13.4. The summed E-state index contributed by atoms with van der Waals surface area (Å²) in [6.07, 6.45) is 12.3. The average molecular weight is 292 g/mol. The molecule has 0 aromatic carbocycles. The minimum atomic E-state index is -0.0909. The number of nitrogens with zero attached hydrogens (tertiary/aromatic N) is 1. The zero-order chi connectivity index (χ0) is 14.7. The zero-order valence-corrected chi connectivity index (χ0v) is 13.7. The van der Waals surface area contributed by atoms with Crippen molar-refractivity contribution in [2.75, 3.05) is 19.6 Å².